The normalized spacial score (nSPS) is 13.7. The highest BCUT2D eigenvalue weighted by atomic mass is 16.5. The largest absolute Gasteiger partial charge is 0.445 e. The molecule has 1 aromatic carbocycles. The van der Waals surface area contributed by atoms with Gasteiger partial charge in [-0.1, -0.05) is 50.6 Å². The van der Waals surface area contributed by atoms with Crippen LogP contribution in [-0.2, 0) is 11.3 Å². The second-order valence-electron chi connectivity index (χ2n) is 4.38. The van der Waals surface area contributed by atoms with Gasteiger partial charge in [-0.25, -0.2) is 4.79 Å². The third-order valence-corrected chi connectivity index (χ3v) is 3.04. The quantitative estimate of drug-likeness (QED) is 0.815. The fourth-order valence-electron chi connectivity index (χ4n) is 1.57. The minimum Gasteiger partial charge on any atom is -0.445 e. The second kappa shape index (κ2) is 7.71. The second-order valence-corrected chi connectivity index (χ2v) is 4.38. The van der Waals surface area contributed by atoms with Crippen LogP contribution >= 0.6 is 0 Å². The first-order valence-corrected chi connectivity index (χ1v) is 6.25. The molecule has 0 saturated heterocycles. The summed E-state index contributed by atoms with van der Waals surface area (Å²) in [7, 11) is 0. The lowest BCUT2D eigenvalue weighted by Crippen LogP contribution is -2.42. The monoisotopic (exact) mass is 251 g/mol. The van der Waals surface area contributed by atoms with Gasteiger partial charge in [-0.3, -0.25) is 0 Å². The Morgan fingerprint density at radius 2 is 2.06 bits per heavy atom. The lowest BCUT2D eigenvalue weighted by atomic mass is 10.0. The Bertz CT molecular complexity index is 353. The molecular formula is C14H21NO3. The van der Waals surface area contributed by atoms with Crippen LogP contribution in [0.4, 0.5) is 4.79 Å². The Kier molecular flexibility index (Phi) is 6.22. The number of amides is 1. The molecule has 18 heavy (non-hydrogen) atoms. The smallest absolute Gasteiger partial charge is 0.407 e. The molecule has 0 heterocycles. The van der Waals surface area contributed by atoms with Gasteiger partial charge in [0.05, 0.1) is 12.6 Å². The molecule has 0 fully saturated rings. The van der Waals surface area contributed by atoms with Gasteiger partial charge in [-0.2, -0.15) is 0 Å². The van der Waals surface area contributed by atoms with Gasteiger partial charge in [0.1, 0.15) is 6.61 Å². The van der Waals surface area contributed by atoms with Crippen molar-refractivity contribution in [2.75, 3.05) is 6.61 Å². The van der Waals surface area contributed by atoms with Crippen molar-refractivity contribution in [3.63, 3.8) is 0 Å². The molecule has 2 atom stereocenters. The fraction of sp³-hybridized carbons (Fsp3) is 0.500. The van der Waals surface area contributed by atoms with E-state index < -0.39 is 6.09 Å². The molecule has 0 aliphatic carbocycles. The number of rotatable bonds is 6. The number of aliphatic hydroxyl groups excluding tert-OH is 1. The first-order valence-electron chi connectivity index (χ1n) is 6.25. The van der Waals surface area contributed by atoms with Gasteiger partial charge >= 0.3 is 6.09 Å². The van der Waals surface area contributed by atoms with E-state index in [0.717, 1.165) is 12.0 Å². The van der Waals surface area contributed by atoms with E-state index in [1.165, 1.54) is 0 Å². The number of hydrogen-bond acceptors (Lipinski definition) is 3. The van der Waals surface area contributed by atoms with Crippen molar-refractivity contribution in [3.05, 3.63) is 35.9 Å². The highest BCUT2D eigenvalue weighted by molar-refractivity contribution is 5.67. The number of ether oxygens (including phenoxy) is 1. The molecule has 0 bridgehead atoms. The minimum absolute atomic E-state index is 0.0740. The Morgan fingerprint density at radius 3 is 2.61 bits per heavy atom. The van der Waals surface area contributed by atoms with Crippen LogP contribution in [0.15, 0.2) is 30.3 Å². The number of carbonyl (C=O) groups is 1. The number of benzene rings is 1. The molecule has 0 saturated carbocycles. The van der Waals surface area contributed by atoms with E-state index >= 15 is 0 Å². The van der Waals surface area contributed by atoms with Crippen molar-refractivity contribution < 1.29 is 14.6 Å². The molecule has 4 heteroatoms. The van der Waals surface area contributed by atoms with Gasteiger partial charge in [-0.05, 0) is 11.5 Å². The SMILES string of the molecule is CCC(C)[C@H](CO)NC(=O)OCc1ccccc1. The highest BCUT2D eigenvalue weighted by Crippen LogP contribution is 2.07. The lowest BCUT2D eigenvalue weighted by molar-refractivity contribution is 0.121. The summed E-state index contributed by atoms with van der Waals surface area (Å²) >= 11 is 0. The van der Waals surface area contributed by atoms with Crippen molar-refractivity contribution in [3.8, 4) is 0 Å². The van der Waals surface area contributed by atoms with Crippen LogP contribution in [0, 0.1) is 5.92 Å². The van der Waals surface area contributed by atoms with Crippen LogP contribution in [0.2, 0.25) is 0 Å². The van der Waals surface area contributed by atoms with Gasteiger partial charge in [0.25, 0.3) is 0 Å². The molecule has 2 N–H and O–H groups in total. The summed E-state index contributed by atoms with van der Waals surface area (Å²) in [5.74, 6) is 0.222. The summed E-state index contributed by atoms with van der Waals surface area (Å²) in [6, 6.07) is 9.24. The predicted octanol–water partition coefficient (Wildman–Crippen LogP) is 2.32. The zero-order valence-electron chi connectivity index (χ0n) is 10.9. The Balaban J connectivity index is 2.37. The zero-order valence-corrected chi connectivity index (χ0v) is 10.9. The molecule has 0 aliphatic heterocycles. The van der Waals surface area contributed by atoms with Gasteiger partial charge in [0, 0.05) is 0 Å². The minimum atomic E-state index is -0.488. The van der Waals surface area contributed by atoms with E-state index in [2.05, 4.69) is 5.32 Å². The number of aliphatic hydroxyl groups is 1. The molecule has 0 aliphatic rings. The standard InChI is InChI=1S/C14H21NO3/c1-3-11(2)13(9-16)15-14(17)18-10-12-7-5-4-6-8-12/h4-8,11,13,16H,3,9-10H2,1-2H3,(H,15,17)/t11?,13-/m0/s1. The maximum Gasteiger partial charge on any atom is 0.407 e. The van der Waals surface area contributed by atoms with E-state index in [-0.39, 0.29) is 25.2 Å². The van der Waals surface area contributed by atoms with E-state index in [9.17, 15) is 9.90 Å². The van der Waals surface area contributed by atoms with Crippen molar-refractivity contribution in [2.45, 2.75) is 32.9 Å². The van der Waals surface area contributed by atoms with Crippen LogP contribution in [0.25, 0.3) is 0 Å². The van der Waals surface area contributed by atoms with Gasteiger partial charge in [0.15, 0.2) is 0 Å². The summed E-state index contributed by atoms with van der Waals surface area (Å²) in [6.07, 6.45) is 0.405. The maximum atomic E-state index is 11.6. The maximum absolute atomic E-state index is 11.6. The van der Waals surface area contributed by atoms with Crippen LogP contribution in [0.1, 0.15) is 25.8 Å². The summed E-state index contributed by atoms with van der Waals surface area (Å²) in [5, 5.41) is 11.9. The first kappa shape index (κ1) is 14.5. The number of alkyl carbamates (subject to hydrolysis) is 1. The van der Waals surface area contributed by atoms with E-state index in [0.29, 0.717) is 0 Å². The fourth-order valence-corrected chi connectivity index (χ4v) is 1.57. The topological polar surface area (TPSA) is 58.6 Å². The zero-order chi connectivity index (χ0) is 13.4. The Labute approximate surface area is 108 Å². The number of nitrogens with one attached hydrogen (secondary N) is 1. The molecule has 0 spiro atoms. The van der Waals surface area contributed by atoms with Gasteiger partial charge in [-0.15, -0.1) is 0 Å². The van der Waals surface area contributed by atoms with Crippen molar-refractivity contribution in [2.24, 2.45) is 5.92 Å². The summed E-state index contributed by atoms with van der Waals surface area (Å²) in [4.78, 5) is 11.6. The highest BCUT2D eigenvalue weighted by Gasteiger charge is 2.17. The molecule has 1 rings (SSSR count). The Morgan fingerprint density at radius 1 is 1.39 bits per heavy atom. The van der Waals surface area contributed by atoms with E-state index in [4.69, 9.17) is 4.74 Å². The van der Waals surface area contributed by atoms with Crippen LogP contribution < -0.4 is 5.32 Å². The molecule has 1 unspecified atom stereocenters. The summed E-state index contributed by atoms with van der Waals surface area (Å²) in [6.45, 7) is 4.17. The molecule has 1 aromatic rings. The van der Waals surface area contributed by atoms with Crippen molar-refractivity contribution >= 4 is 6.09 Å². The first-order chi connectivity index (χ1) is 8.67. The van der Waals surface area contributed by atoms with Gasteiger partial charge in [0.2, 0.25) is 0 Å². The summed E-state index contributed by atoms with van der Waals surface area (Å²) in [5.41, 5.74) is 0.941. The molecule has 4 nitrogen and oxygen atoms in total. The van der Waals surface area contributed by atoms with Gasteiger partial charge < -0.3 is 15.2 Å². The van der Waals surface area contributed by atoms with Crippen LogP contribution in [0.3, 0.4) is 0 Å². The molecular weight excluding hydrogens is 230 g/mol. The van der Waals surface area contributed by atoms with Crippen molar-refractivity contribution in [1.82, 2.24) is 5.32 Å². The van der Waals surface area contributed by atoms with Crippen LogP contribution in [-0.4, -0.2) is 23.8 Å². The number of hydrogen-bond donors (Lipinski definition) is 2. The average Bonchev–Trinajstić information content (AvgIpc) is 2.42. The third kappa shape index (κ3) is 4.75. The molecule has 0 aromatic heterocycles. The van der Waals surface area contributed by atoms with Crippen molar-refractivity contribution in [1.29, 1.82) is 0 Å². The van der Waals surface area contributed by atoms with E-state index in [1.54, 1.807) is 0 Å². The van der Waals surface area contributed by atoms with E-state index in [1.807, 2.05) is 44.2 Å². The predicted molar refractivity (Wildman–Crippen MR) is 70.1 cm³/mol. The molecule has 0 radical (unpaired) electrons. The summed E-state index contributed by atoms with van der Waals surface area (Å²) < 4.78 is 5.09. The third-order valence-electron chi connectivity index (χ3n) is 3.04. The van der Waals surface area contributed by atoms with Crippen LogP contribution in [0.5, 0.6) is 0 Å². The Hall–Kier alpha value is -1.55. The molecule has 1 amide bonds. The average molecular weight is 251 g/mol. The molecule has 100 valence electrons. The lowest BCUT2D eigenvalue weighted by Gasteiger charge is -2.21. The number of carbonyl (C=O) groups excluding carboxylic acids is 1.